The third-order valence-electron chi connectivity index (χ3n) is 5.82. The summed E-state index contributed by atoms with van der Waals surface area (Å²) in [6.07, 6.45) is 0. The summed E-state index contributed by atoms with van der Waals surface area (Å²) in [4.78, 5) is 27.6. The quantitative estimate of drug-likeness (QED) is 0.468. The van der Waals surface area contributed by atoms with Gasteiger partial charge in [0.2, 0.25) is 5.91 Å². The number of anilines is 1. The number of carbonyl (C=O) groups is 2. The number of nitrogens with zero attached hydrogens (tertiary/aromatic N) is 4. The predicted octanol–water partition coefficient (Wildman–Crippen LogP) is 2.63. The lowest BCUT2D eigenvalue weighted by molar-refractivity contribution is -0.145. The fourth-order valence-electron chi connectivity index (χ4n) is 3.89. The molecule has 0 spiro atoms. The van der Waals surface area contributed by atoms with Gasteiger partial charge in [0.1, 0.15) is 0 Å². The Labute approximate surface area is 220 Å². The van der Waals surface area contributed by atoms with E-state index >= 15 is 0 Å². The van der Waals surface area contributed by atoms with Gasteiger partial charge in [-0.1, -0.05) is 37.3 Å². The second kappa shape index (κ2) is 14.5. The fourth-order valence-corrected chi connectivity index (χ4v) is 3.89. The monoisotopic (exact) mass is 520 g/mol. The fraction of sp³-hybridized carbons (Fsp3) is 0.400. The van der Waals surface area contributed by atoms with Gasteiger partial charge in [-0.25, -0.2) is 5.01 Å². The first-order valence-corrected chi connectivity index (χ1v) is 11.2. The van der Waals surface area contributed by atoms with Crippen LogP contribution in [-0.2, 0) is 22.7 Å². The summed E-state index contributed by atoms with van der Waals surface area (Å²) < 4.78 is 0. The van der Waals surface area contributed by atoms with Crippen LogP contribution in [0.3, 0.4) is 0 Å². The molecular weight excluding hydrogens is 487 g/mol. The number of likely N-dealkylation sites (N-methyl/N-ethyl adjacent to an activating group) is 2. The molecule has 0 fully saturated rings. The van der Waals surface area contributed by atoms with Crippen LogP contribution in [0.4, 0.5) is 5.69 Å². The molecule has 0 aromatic heterocycles. The summed E-state index contributed by atoms with van der Waals surface area (Å²) >= 11 is 0. The summed E-state index contributed by atoms with van der Waals surface area (Å²) in [6.45, 7) is 7.36. The lowest BCUT2D eigenvalue weighted by Gasteiger charge is -2.32. The van der Waals surface area contributed by atoms with E-state index in [0.29, 0.717) is 37.4 Å². The highest BCUT2D eigenvalue weighted by Gasteiger charge is 2.27. The first-order chi connectivity index (χ1) is 15.9. The summed E-state index contributed by atoms with van der Waals surface area (Å²) in [7, 11) is 1.77. The van der Waals surface area contributed by atoms with Gasteiger partial charge in [-0.2, -0.15) is 5.26 Å². The van der Waals surface area contributed by atoms with Gasteiger partial charge < -0.3 is 15.5 Å². The Morgan fingerprint density at radius 3 is 2.31 bits per heavy atom. The number of aryl methyl sites for hydroxylation is 1. The van der Waals surface area contributed by atoms with E-state index in [2.05, 4.69) is 28.8 Å². The Morgan fingerprint density at radius 2 is 1.71 bits per heavy atom. The largest absolute Gasteiger partial charge is 0.353 e. The number of nitrogens with one attached hydrogen (secondary N) is 2. The molecular formula is C25H34Cl2N6O2. The first kappa shape index (κ1) is 30.2. The molecule has 0 unspecified atom stereocenters. The molecule has 1 aliphatic rings. The number of rotatable bonds is 10. The number of nitriles is 1. The summed E-state index contributed by atoms with van der Waals surface area (Å²) in [5.74, 6) is -0.288. The summed E-state index contributed by atoms with van der Waals surface area (Å²) in [5, 5.41) is 19.0. The number of fused-ring (bicyclic) bond motifs is 1. The molecule has 2 N–H and O–H groups in total. The molecule has 2 amide bonds. The van der Waals surface area contributed by atoms with Crippen LogP contribution in [0, 0.1) is 18.3 Å². The normalized spacial score (nSPS) is 11.9. The smallest absolute Gasteiger partial charge is 0.256 e. The number of halogens is 2. The average Bonchev–Trinajstić information content (AvgIpc) is 3.25. The third kappa shape index (κ3) is 8.11. The molecule has 0 saturated carbocycles. The Morgan fingerprint density at radius 1 is 1.06 bits per heavy atom. The van der Waals surface area contributed by atoms with Crippen molar-refractivity contribution in [2.75, 3.05) is 44.7 Å². The highest BCUT2D eigenvalue weighted by atomic mass is 35.5. The highest BCUT2D eigenvalue weighted by Crippen LogP contribution is 2.25. The minimum atomic E-state index is -0.168. The van der Waals surface area contributed by atoms with Crippen molar-refractivity contribution in [2.24, 2.45) is 0 Å². The maximum Gasteiger partial charge on any atom is 0.256 e. The van der Waals surface area contributed by atoms with Gasteiger partial charge in [0, 0.05) is 38.9 Å². The van der Waals surface area contributed by atoms with Crippen molar-refractivity contribution in [3.05, 3.63) is 64.7 Å². The number of amides is 2. The summed E-state index contributed by atoms with van der Waals surface area (Å²) in [6, 6.07) is 15.6. The van der Waals surface area contributed by atoms with Crippen molar-refractivity contribution in [1.29, 1.82) is 5.26 Å². The highest BCUT2D eigenvalue weighted by molar-refractivity contribution is 5.87. The second-order valence-corrected chi connectivity index (χ2v) is 8.18. The number of hydrogen-bond donors (Lipinski definition) is 2. The third-order valence-corrected chi connectivity index (χ3v) is 5.82. The van der Waals surface area contributed by atoms with Crippen molar-refractivity contribution in [3.8, 4) is 6.07 Å². The predicted molar refractivity (Wildman–Crippen MR) is 143 cm³/mol. The lowest BCUT2D eigenvalue weighted by Crippen LogP contribution is -2.48. The van der Waals surface area contributed by atoms with Gasteiger partial charge in [0.15, 0.2) is 0 Å². The molecule has 2 aromatic carbocycles. The van der Waals surface area contributed by atoms with Gasteiger partial charge in [-0.05, 0) is 42.3 Å². The van der Waals surface area contributed by atoms with E-state index in [9.17, 15) is 14.9 Å². The topological polar surface area (TPSA) is 91.7 Å². The molecule has 190 valence electrons. The standard InChI is InChI=1S/C25H32N6O2.2ClH/c1-4-27-11-12-28-24(32)17-30(23-13-20(14-26)10-9-19(23)2)18-25(33)29(3)31-15-21-7-5-6-8-22(21)16-31;;/h5-10,13,27H,4,11-12,15-18H2,1-3H3,(H,28,32);2*1H. The maximum absolute atomic E-state index is 13.2. The molecule has 3 rings (SSSR count). The van der Waals surface area contributed by atoms with Crippen LogP contribution in [0.2, 0.25) is 0 Å². The molecule has 0 atom stereocenters. The Kier molecular flexibility index (Phi) is 12.5. The van der Waals surface area contributed by atoms with E-state index in [0.717, 1.165) is 12.1 Å². The maximum atomic E-state index is 13.2. The molecule has 0 saturated heterocycles. The molecule has 2 aromatic rings. The van der Waals surface area contributed by atoms with Crippen LogP contribution in [0.5, 0.6) is 0 Å². The van der Waals surface area contributed by atoms with Gasteiger partial charge in [0.05, 0.1) is 24.7 Å². The average molecular weight is 521 g/mol. The van der Waals surface area contributed by atoms with Crippen LogP contribution in [-0.4, -0.2) is 61.6 Å². The molecule has 0 bridgehead atoms. The Balaban J connectivity index is 0.00000306. The molecule has 1 heterocycles. The van der Waals surface area contributed by atoms with Crippen molar-refractivity contribution < 1.29 is 9.59 Å². The van der Waals surface area contributed by atoms with Crippen LogP contribution >= 0.6 is 24.8 Å². The van der Waals surface area contributed by atoms with Gasteiger partial charge in [-0.15, -0.1) is 24.8 Å². The lowest BCUT2D eigenvalue weighted by atomic mass is 10.1. The van der Waals surface area contributed by atoms with Crippen LogP contribution in [0.1, 0.15) is 29.2 Å². The minimum absolute atomic E-state index is 0. The Bertz CT molecular complexity index is 1020. The molecule has 10 heteroatoms. The van der Waals surface area contributed by atoms with E-state index < -0.39 is 0 Å². The van der Waals surface area contributed by atoms with Gasteiger partial charge >= 0.3 is 0 Å². The zero-order chi connectivity index (χ0) is 23.8. The van der Waals surface area contributed by atoms with Gasteiger partial charge in [-0.3, -0.25) is 14.6 Å². The number of benzene rings is 2. The van der Waals surface area contributed by atoms with Gasteiger partial charge in [0.25, 0.3) is 5.91 Å². The van der Waals surface area contributed by atoms with Crippen molar-refractivity contribution >= 4 is 42.3 Å². The molecule has 8 nitrogen and oxygen atoms in total. The van der Waals surface area contributed by atoms with E-state index in [4.69, 9.17) is 0 Å². The van der Waals surface area contributed by atoms with Crippen molar-refractivity contribution in [1.82, 2.24) is 20.7 Å². The van der Waals surface area contributed by atoms with E-state index in [-0.39, 0.29) is 49.7 Å². The molecule has 1 aliphatic heterocycles. The van der Waals surface area contributed by atoms with E-state index in [1.165, 1.54) is 11.1 Å². The van der Waals surface area contributed by atoms with Crippen LogP contribution in [0.25, 0.3) is 0 Å². The van der Waals surface area contributed by atoms with Crippen LogP contribution in [0.15, 0.2) is 42.5 Å². The summed E-state index contributed by atoms with van der Waals surface area (Å²) in [5.41, 5.74) is 4.53. The van der Waals surface area contributed by atoms with Crippen LogP contribution < -0.4 is 15.5 Å². The molecule has 35 heavy (non-hydrogen) atoms. The van der Waals surface area contributed by atoms with Crippen molar-refractivity contribution in [2.45, 2.75) is 26.9 Å². The number of hydrazine groups is 1. The zero-order valence-corrected chi connectivity index (χ0v) is 22.0. The van der Waals surface area contributed by atoms with E-state index in [1.807, 2.05) is 37.1 Å². The first-order valence-electron chi connectivity index (χ1n) is 11.2. The zero-order valence-electron chi connectivity index (χ0n) is 20.4. The van der Waals surface area contributed by atoms with E-state index in [1.54, 1.807) is 29.1 Å². The molecule has 0 radical (unpaired) electrons. The SMILES string of the molecule is CCNCCNC(=O)CN(CC(=O)N(C)N1Cc2ccccc2C1)c1cc(C#N)ccc1C.Cl.Cl. The Hall–Kier alpha value is -2.83. The minimum Gasteiger partial charge on any atom is -0.353 e. The molecule has 0 aliphatic carbocycles. The van der Waals surface area contributed by atoms with Crippen molar-refractivity contribution in [3.63, 3.8) is 0 Å². The number of hydrogen-bond acceptors (Lipinski definition) is 6. The second-order valence-electron chi connectivity index (χ2n) is 8.18. The number of carbonyl (C=O) groups excluding carboxylic acids is 2.